The normalized spacial score (nSPS) is 14.8. The number of nitrogens with one attached hydrogen (secondary N) is 1. The highest BCUT2D eigenvalue weighted by atomic mass is 32.1. The van der Waals surface area contributed by atoms with Crippen LogP contribution in [-0.2, 0) is 0 Å². The second kappa shape index (κ2) is 4.90. The number of aryl methyl sites for hydroxylation is 1. The van der Waals surface area contributed by atoms with Gasteiger partial charge in [0.15, 0.2) is 0 Å². The molecule has 6 heteroatoms. The molecule has 0 saturated heterocycles. The molecule has 0 bridgehead atoms. The van der Waals surface area contributed by atoms with E-state index >= 15 is 0 Å². The summed E-state index contributed by atoms with van der Waals surface area (Å²) in [5, 5.41) is 28.2. The number of carboxylic acid groups (broad SMARTS) is 1. The van der Waals surface area contributed by atoms with Gasteiger partial charge >= 0.3 is 5.97 Å². The zero-order valence-corrected chi connectivity index (χ0v) is 9.95. The molecular formula is C10H15NO4S. The molecule has 1 heterocycles. The third kappa shape index (κ3) is 2.23. The lowest BCUT2D eigenvalue weighted by atomic mass is 10.1. The third-order valence-electron chi connectivity index (χ3n) is 2.54. The minimum atomic E-state index is -1.15. The van der Waals surface area contributed by atoms with Crippen molar-refractivity contribution in [1.82, 2.24) is 4.98 Å². The van der Waals surface area contributed by atoms with Gasteiger partial charge in [-0.15, -0.1) is 0 Å². The highest BCUT2D eigenvalue weighted by molar-refractivity contribution is 7.80. The number of aromatic nitrogens is 1. The summed E-state index contributed by atoms with van der Waals surface area (Å²) in [6.45, 7) is 3.20. The predicted octanol–water partition coefficient (Wildman–Crippen LogP) is 0.654. The third-order valence-corrected chi connectivity index (χ3v) is 2.91. The summed E-state index contributed by atoms with van der Waals surface area (Å²) < 4.78 is 0. The summed E-state index contributed by atoms with van der Waals surface area (Å²) in [5.41, 5.74) is 1.38. The first-order valence-electron chi connectivity index (χ1n) is 4.79. The van der Waals surface area contributed by atoms with Crippen LogP contribution in [0.15, 0.2) is 0 Å². The number of thiol groups is 1. The second-order valence-corrected chi connectivity index (χ2v) is 4.03. The lowest BCUT2D eigenvalue weighted by Gasteiger charge is -2.15. The van der Waals surface area contributed by atoms with Gasteiger partial charge in [0.2, 0.25) is 0 Å². The zero-order valence-electron chi connectivity index (χ0n) is 9.06. The number of hydrogen-bond donors (Lipinski definition) is 5. The molecular weight excluding hydrogens is 230 g/mol. The maximum absolute atomic E-state index is 10.9. The highest BCUT2D eigenvalue weighted by Gasteiger charge is 2.25. The van der Waals surface area contributed by atoms with Gasteiger partial charge in [-0.2, -0.15) is 12.6 Å². The fourth-order valence-corrected chi connectivity index (χ4v) is 1.88. The molecule has 0 aromatic carbocycles. The molecule has 2 unspecified atom stereocenters. The van der Waals surface area contributed by atoms with Crippen molar-refractivity contribution in [3.05, 3.63) is 22.5 Å². The quantitative estimate of drug-likeness (QED) is 0.504. The van der Waals surface area contributed by atoms with Crippen LogP contribution in [0.25, 0.3) is 0 Å². The zero-order chi connectivity index (χ0) is 12.5. The molecule has 2 atom stereocenters. The molecule has 0 radical (unpaired) electrons. The van der Waals surface area contributed by atoms with Crippen molar-refractivity contribution in [1.29, 1.82) is 0 Å². The van der Waals surface area contributed by atoms with E-state index in [1.807, 2.05) is 0 Å². The van der Waals surface area contributed by atoms with Crippen LogP contribution in [0, 0.1) is 13.8 Å². The highest BCUT2D eigenvalue weighted by Crippen LogP contribution is 2.25. The number of aliphatic hydroxyl groups is 2. The van der Waals surface area contributed by atoms with E-state index in [2.05, 4.69) is 17.6 Å². The van der Waals surface area contributed by atoms with Crippen LogP contribution in [0.4, 0.5) is 0 Å². The Balaban J connectivity index is 3.17. The van der Waals surface area contributed by atoms with Crippen LogP contribution in [0.3, 0.4) is 0 Å². The molecule has 0 aliphatic rings. The molecule has 90 valence electrons. The summed E-state index contributed by atoms with van der Waals surface area (Å²) in [6.07, 6.45) is -2.17. The Morgan fingerprint density at radius 1 is 1.44 bits per heavy atom. The van der Waals surface area contributed by atoms with Gasteiger partial charge < -0.3 is 20.3 Å². The van der Waals surface area contributed by atoms with E-state index in [9.17, 15) is 15.0 Å². The topological polar surface area (TPSA) is 93.5 Å². The van der Waals surface area contributed by atoms with Crippen LogP contribution < -0.4 is 0 Å². The summed E-state index contributed by atoms with van der Waals surface area (Å²) in [6, 6.07) is 0. The van der Waals surface area contributed by atoms with E-state index in [4.69, 9.17) is 5.11 Å². The number of rotatable bonds is 4. The van der Waals surface area contributed by atoms with E-state index in [-0.39, 0.29) is 11.3 Å². The average Bonchev–Trinajstić information content (AvgIpc) is 2.51. The van der Waals surface area contributed by atoms with Gasteiger partial charge in [0.25, 0.3) is 0 Å². The number of hydrogen-bond acceptors (Lipinski definition) is 4. The van der Waals surface area contributed by atoms with Crippen LogP contribution in [0.5, 0.6) is 0 Å². The monoisotopic (exact) mass is 245 g/mol. The van der Waals surface area contributed by atoms with Crippen molar-refractivity contribution in [2.75, 3.05) is 5.75 Å². The number of carboxylic acids is 1. The standard InChI is InChI=1S/C10H15NO4S/c1-4-7(10(14)15)5(2)11-8(4)9(13)6(12)3-16/h6,9,11-13,16H,3H2,1-2H3,(H,14,15). The number of aliphatic hydroxyl groups excluding tert-OH is 2. The SMILES string of the molecule is Cc1[nH]c(C(O)C(O)CS)c(C)c1C(=O)O. The molecule has 0 saturated carbocycles. The fraction of sp³-hybridized carbons (Fsp3) is 0.500. The van der Waals surface area contributed by atoms with Crippen LogP contribution in [0.2, 0.25) is 0 Å². The van der Waals surface area contributed by atoms with Gasteiger partial charge in [-0.25, -0.2) is 4.79 Å². The van der Waals surface area contributed by atoms with Crippen molar-refractivity contribution in [3.8, 4) is 0 Å². The van der Waals surface area contributed by atoms with Crippen LogP contribution >= 0.6 is 12.6 Å². The van der Waals surface area contributed by atoms with Gasteiger partial charge in [0.1, 0.15) is 6.10 Å². The molecule has 0 aliphatic heterocycles. The molecule has 4 N–H and O–H groups in total. The van der Waals surface area contributed by atoms with Gasteiger partial charge in [0.05, 0.1) is 17.4 Å². The number of aromatic amines is 1. The maximum Gasteiger partial charge on any atom is 0.337 e. The average molecular weight is 245 g/mol. The van der Waals surface area contributed by atoms with Crippen molar-refractivity contribution in [3.63, 3.8) is 0 Å². The van der Waals surface area contributed by atoms with Crippen molar-refractivity contribution < 1.29 is 20.1 Å². The minimum absolute atomic E-state index is 0.0983. The first kappa shape index (κ1) is 13.1. The smallest absolute Gasteiger partial charge is 0.337 e. The number of aromatic carboxylic acids is 1. The molecule has 5 nitrogen and oxygen atoms in total. The molecule has 0 fully saturated rings. The number of carbonyl (C=O) groups is 1. The van der Waals surface area contributed by atoms with Gasteiger partial charge in [-0.05, 0) is 19.4 Å². The lowest BCUT2D eigenvalue weighted by molar-refractivity contribution is 0.0308. The summed E-state index contributed by atoms with van der Waals surface area (Å²) in [7, 11) is 0. The Morgan fingerprint density at radius 2 is 2.00 bits per heavy atom. The van der Waals surface area contributed by atoms with Crippen LogP contribution in [0.1, 0.15) is 33.4 Å². The molecule has 1 aromatic heterocycles. The molecule has 0 amide bonds. The maximum atomic E-state index is 10.9. The van der Waals surface area contributed by atoms with E-state index in [1.54, 1.807) is 13.8 Å². The Morgan fingerprint density at radius 3 is 2.38 bits per heavy atom. The van der Waals surface area contributed by atoms with Crippen molar-refractivity contribution in [2.45, 2.75) is 26.1 Å². The Kier molecular flexibility index (Phi) is 4.01. The summed E-state index contributed by atoms with van der Waals surface area (Å²) >= 11 is 3.87. The lowest BCUT2D eigenvalue weighted by Crippen LogP contribution is -2.20. The van der Waals surface area contributed by atoms with E-state index in [1.165, 1.54) is 0 Å². The second-order valence-electron chi connectivity index (χ2n) is 3.66. The predicted molar refractivity (Wildman–Crippen MR) is 62.0 cm³/mol. The molecule has 1 aromatic rings. The molecule has 0 aliphatic carbocycles. The Bertz CT molecular complexity index is 402. The van der Waals surface area contributed by atoms with Gasteiger partial charge in [-0.3, -0.25) is 0 Å². The van der Waals surface area contributed by atoms with Crippen molar-refractivity contribution in [2.24, 2.45) is 0 Å². The first-order chi connectivity index (χ1) is 7.40. The summed E-state index contributed by atoms with van der Waals surface area (Å²) in [4.78, 5) is 13.7. The van der Waals surface area contributed by atoms with E-state index < -0.39 is 18.2 Å². The van der Waals surface area contributed by atoms with Crippen LogP contribution in [-0.4, -0.2) is 38.1 Å². The number of H-pyrrole nitrogens is 1. The van der Waals surface area contributed by atoms with E-state index in [0.717, 1.165) is 0 Å². The van der Waals surface area contributed by atoms with Gasteiger partial charge in [0, 0.05) is 11.4 Å². The summed E-state index contributed by atoms with van der Waals surface area (Å²) in [5.74, 6) is -0.953. The fourth-order valence-electron chi connectivity index (χ4n) is 1.68. The van der Waals surface area contributed by atoms with Crippen molar-refractivity contribution >= 4 is 18.6 Å². The van der Waals surface area contributed by atoms with Gasteiger partial charge in [-0.1, -0.05) is 0 Å². The molecule has 0 spiro atoms. The molecule has 16 heavy (non-hydrogen) atoms. The minimum Gasteiger partial charge on any atom is -0.478 e. The Labute approximate surface area is 98.5 Å². The van der Waals surface area contributed by atoms with E-state index in [0.29, 0.717) is 17.0 Å². The largest absolute Gasteiger partial charge is 0.478 e. The molecule has 1 rings (SSSR count). The Hall–Kier alpha value is -0.980. The first-order valence-corrected chi connectivity index (χ1v) is 5.42.